The van der Waals surface area contributed by atoms with Gasteiger partial charge in [-0.3, -0.25) is 19.4 Å². The Morgan fingerprint density at radius 2 is 2.29 bits per heavy atom. The quantitative estimate of drug-likeness (QED) is 0.854. The Morgan fingerprint density at radius 1 is 1.42 bits per heavy atom. The van der Waals surface area contributed by atoms with E-state index in [4.69, 9.17) is 0 Å². The molecule has 2 aromatic heterocycles. The topological polar surface area (TPSA) is 95.9 Å². The van der Waals surface area contributed by atoms with Crippen molar-refractivity contribution >= 4 is 11.8 Å². The predicted octanol–water partition coefficient (Wildman–Crippen LogP) is 0.428. The van der Waals surface area contributed by atoms with Crippen molar-refractivity contribution in [1.82, 2.24) is 30.2 Å². The number of hydrogen-bond donors (Lipinski definition) is 2. The van der Waals surface area contributed by atoms with Crippen LogP contribution in [0.2, 0.25) is 0 Å². The maximum Gasteiger partial charge on any atom is 0.275 e. The second-order valence-corrected chi connectivity index (χ2v) is 6.37. The van der Waals surface area contributed by atoms with Gasteiger partial charge in [0.15, 0.2) is 5.69 Å². The van der Waals surface area contributed by atoms with Crippen molar-refractivity contribution in [3.8, 4) is 0 Å². The molecule has 2 aromatic rings. The molecule has 1 aliphatic carbocycles. The molecule has 0 radical (unpaired) electrons. The van der Waals surface area contributed by atoms with Gasteiger partial charge >= 0.3 is 0 Å². The highest BCUT2D eigenvalue weighted by atomic mass is 16.2. The number of H-pyrrole nitrogens is 1. The SMILES string of the molecule is CNC(=O)C[C@@H]1CN(C(=O)c2n[nH]c3c2CCC3)Cc2ccnn21. The zero-order chi connectivity index (χ0) is 16.7. The highest BCUT2D eigenvalue weighted by Crippen LogP contribution is 2.27. The lowest BCUT2D eigenvalue weighted by Crippen LogP contribution is -2.43. The van der Waals surface area contributed by atoms with E-state index in [1.165, 1.54) is 0 Å². The molecule has 0 saturated heterocycles. The van der Waals surface area contributed by atoms with Gasteiger partial charge in [0.05, 0.1) is 24.7 Å². The van der Waals surface area contributed by atoms with Crippen LogP contribution in [0, 0.1) is 0 Å². The first-order valence-electron chi connectivity index (χ1n) is 8.25. The second kappa shape index (κ2) is 5.77. The Balaban J connectivity index is 1.60. The van der Waals surface area contributed by atoms with Gasteiger partial charge in [0.2, 0.25) is 5.91 Å². The summed E-state index contributed by atoms with van der Waals surface area (Å²) in [6.45, 7) is 0.952. The summed E-state index contributed by atoms with van der Waals surface area (Å²) in [5, 5.41) is 14.2. The van der Waals surface area contributed by atoms with E-state index in [9.17, 15) is 9.59 Å². The Labute approximate surface area is 139 Å². The monoisotopic (exact) mass is 328 g/mol. The van der Waals surface area contributed by atoms with E-state index in [0.717, 1.165) is 36.2 Å². The molecule has 3 heterocycles. The van der Waals surface area contributed by atoms with Crippen LogP contribution in [0.5, 0.6) is 0 Å². The van der Waals surface area contributed by atoms with Gasteiger partial charge < -0.3 is 10.2 Å². The third kappa shape index (κ3) is 2.38. The highest BCUT2D eigenvalue weighted by Gasteiger charge is 2.33. The summed E-state index contributed by atoms with van der Waals surface area (Å²) in [4.78, 5) is 26.5. The number of carbonyl (C=O) groups excluding carboxylic acids is 2. The fraction of sp³-hybridized carbons (Fsp3) is 0.500. The molecule has 0 bridgehead atoms. The molecular formula is C16H20N6O2. The molecule has 4 rings (SSSR count). The van der Waals surface area contributed by atoms with E-state index in [0.29, 0.717) is 25.2 Å². The average molecular weight is 328 g/mol. The van der Waals surface area contributed by atoms with Crippen molar-refractivity contribution in [2.75, 3.05) is 13.6 Å². The number of aromatic nitrogens is 4. The number of aryl methyl sites for hydroxylation is 1. The molecule has 2 amide bonds. The third-order valence-electron chi connectivity index (χ3n) is 4.88. The lowest BCUT2D eigenvalue weighted by Gasteiger charge is -2.33. The van der Waals surface area contributed by atoms with Crippen LogP contribution in [-0.2, 0) is 24.2 Å². The molecule has 0 unspecified atom stereocenters. The van der Waals surface area contributed by atoms with Gasteiger partial charge in [0.25, 0.3) is 5.91 Å². The molecule has 126 valence electrons. The molecule has 8 heteroatoms. The van der Waals surface area contributed by atoms with Crippen LogP contribution in [-0.4, -0.2) is 50.3 Å². The van der Waals surface area contributed by atoms with Crippen LogP contribution in [0.15, 0.2) is 12.3 Å². The number of nitrogens with zero attached hydrogens (tertiary/aromatic N) is 4. The number of fused-ring (bicyclic) bond motifs is 2. The van der Waals surface area contributed by atoms with Gasteiger partial charge in [-0.05, 0) is 25.3 Å². The van der Waals surface area contributed by atoms with Crippen LogP contribution >= 0.6 is 0 Å². The average Bonchev–Trinajstić information content (AvgIpc) is 3.29. The molecule has 1 atom stereocenters. The van der Waals surface area contributed by atoms with Crippen molar-refractivity contribution in [3.63, 3.8) is 0 Å². The number of aromatic amines is 1. The summed E-state index contributed by atoms with van der Waals surface area (Å²) in [5.41, 5.74) is 3.62. The van der Waals surface area contributed by atoms with E-state index in [1.807, 2.05) is 10.7 Å². The first kappa shape index (κ1) is 14.9. The molecule has 1 aliphatic heterocycles. The Hall–Kier alpha value is -2.64. The van der Waals surface area contributed by atoms with Crippen LogP contribution in [0.3, 0.4) is 0 Å². The van der Waals surface area contributed by atoms with E-state index in [1.54, 1.807) is 18.1 Å². The van der Waals surface area contributed by atoms with Crippen molar-refractivity contribution in [3.05, 3.63) is 34.9 Å². The van der Waals surface area contributed by atoms with E-state index in [-0.39, 0.29) is 17.9 Å². The number of carbonyl (C=O) groups is 2. The van der Waals surface area contributed by atoms with Crippen molar-refractivity contribution in [1.29, 1.82) is 0 Å². The Morgan fingerprint density at radius 3 is 3.12 bits per heavy atom. The summed E-state index contributed by atoms with van der Waals surface area (Å²) in [5.74, 6) is -0.125. The zero-order valence-corrected chi connectivity index (χ0v) is 13.6. The number of hydrogen-bond acceptors (Lipinski definition) is 4. The van der Waals surface area contributed by atoms with Crippen LogP contribution in [0.4, 0.5) is 0 Å². The van der Waals surface area contributed by atoms with E-state index in [2.05, 4.69) is 20.6 Å². The summed E-state index contributed by atoms with van der Waals surface area (Å²) < 4.78 is 1.86. The van der Waals surface area contributed by atoms with Gasteiger partial charge in [-0.25, -0.2) is 0 Å². The Bertz CT molecular complexity index is 792. The van der Waals surface area contributed by atoms with Crippen LogP contribution < -0.4 is 5.32 Å². The number of rotatable bonds is 3. The minimum absolute atomic E-state index is 0.0589. The molecule has 24 heavy (non-hydrogen) atoms. The molecule has 0 aromatic carbocycles. The Kier molecular flexibility index (Phi) is 3.59. The summed E-state index contributed by atoms with van der Waals surface area (Å²) >= 11 is 0. The van der Waals surface area contributed by atoms with E-state index >= 15 is 0 Å². The summed E-state index contributed by atoms with van der Waals surface area (Å²) in [6, 6.07) is 1.74. The van der Waals surface area contributed by atoms with Gasteiger partial charge in [0.1, 0.15) is 0 Å². The maximum absolute atomic E-state index is 13.0. The molecular weight excluding hydrogens is 308 g/mol. The maximum atomic E-state index is 13.0. The first-order chi connectivity index (χ1) is 11.7. The second-order valence-electron chi connectivity index (χ2n) is 6.37. The third-order valence-corrected chi connectivity index (χ3v) is 4.88. The zero-order valence-electron chi connectivity index (χ0n) is 13.6. The largest absolute Gasteiger partial charge is 0.359 e. The van der Waals surface area contributed by atoms with Gasteiger partial charge in [-0.2, -0.15) is 10.2 Å². The van der Waals surface area contributed by atoms with Crippen molar-refractivity contribution in [2.24, 2.45) is 0 Å². The first-order valence-corrected chi connectivity index (χ1v) is 8.25. The van der Waals surface area contributed by atoms with Crippen molar-refractivity contribution < 1.29 is 9.59 Å². The van der Waals surface area contributed by atoms with Crippen molar-refractivity contribution in [2.45, 2.75) is 38.3 Å². The lowest BCUT2D eigenvalue weighted by atomic mass is 10.1. The van der Waals surface area contributed by atoms with Crippen LogP contribution in [0.1, 0.15) is 46.3 Å². The fourth-order valence-corrected chi connectivity index (χ4v) is 3.66. The van der Waals surface area contributed by atoms with Gasteiger partial charge in [-0.1, -0.05) is 0 Å². The number of amides is 2. The van der Waals surface area contributed by atoms with Gasteiger partial charge in [-0.15, -0.1) is 0 Å². The molecule has 0 saturated carbocycles. The smallest absolute Gasteiger partial charge is 0.275 e. The number of nitrogens with one attached hydrogen (secondary N) is 2. The molecule has 2 N–H and O–H groups in total. The normalized spacial score (nSPS) is 19.0. The van der Waals surface area contributed by atoms with Gasteiger partial charge in [0, 0.05) is 31.0 Å². The van der Waals surface area contributed by atoms with E-state index < -0.39 is 0 Å². The predicted molar refractivity (Wildman–Crippen MR) is 85.3 cm³/mol. The summed E-state index contributed by atoms with van der Waals surface area (Å²) in [7, 11) is 1.62. The molecule has 8 nitrogen and oxygen atoms in total. The molecule has 0 fully saturated rings. The minimum Gasteiger partial charge on any atom is -0.359 e. The molecule has 2 aliphatic rings. The van der Waals surface area contributed by atoms with Crippen LogP contribution in [0.25, 0.3) is 0 Å². The highest BCUT2D eigenvalue weighted by molar-refractivity contribution is 5.94. The lowest BCUT2D eigenvalue weighted by molar-refractivity contribution is -0.121. The fourth-order valence-electron chi connectivity index (χ4n) is 3.66. The summed E-state index contributed by atoms with van der Waals surface area (Å²) in [6.07, 6.45) is 4.94. The minimum atomic E-state index is -0.153. The standard InChI is InChI=1S/C16H20N6O2/c1-17-14(23)7-11-9-21(8-10-5-6-18-22(10)11)16(24)15-12-3-2-4-13(12)19-20-15/h5-6,11H,2-4,7-9H2,1H3,(H,17,23)(H,19,20)/t11-/m1/s1. The molecule has 0 spiro atoms.